The van der Waals surface area contributed by atoms with Crippen molar-refractivity contribution >= 4 is 17.4 Å². The molecule has 24 heavy (non-hydrogen) atoms. The lowest BCUT2D eigenvalue weighted by molar-refractivity contribution is -0.384. The van der Waals surface area contributed by atoms with Gasteiger partial charge >= 0.3 is 6.03 Å². The summed E-state index contributed by atoms with van der Waals surface area (Å²) in [4.78, 5) is 24.7. The number of carbonyl (C=O) groups excluding carboxylic acids is 1. The van der Waals surface area contributed by atoms with Crippen molar-refractivity contribution in [3.63, 3.8) is 0 Å². The third-order valence-electron chi connectivity index (χ3n) is 4.07. The number of hydrogen-bond acceptors (Lipinski definition) is 5. The Kier molecular flexibility index (Phi) is 6.51. The summed E-state index contributed by atoms with van der Waals surface area (Å²) in [5.41, 5.74) is 0.343. The van der Waals surface area contributed by atoms with Gasteiger partial charge in [-0.15, -0.1) is 0 Å². The zero-order valence-corrected chi connectivity index (χ0v) is 14.0. The number of non-ortho nitro benzene ring substituents is 1. The lowest BCUT2D eigenvalue weighted by Gasteiger charge is -2.36. The van der Waals surface area contributed by atoms with Gasteiger partial charge in [-0.05, 0) is 12.0 Å². The van der Waals surface area contributed by atoms with Gasteiger partial charge in [0.25, 0.3) is 5.69 Å². The van der Waals surface area contributed by atoms with Crippen LogP contribution in [0.4, 0.5) is 16.2 Å². The van der Waals surface area contributed by atoms with Crippen LogP contribution in [0, 0.1) is 16.0 Å². The van der Waals surface area contributed by atoms with Crippen molar-refractivity contribution in [3.8, 4) is 0 Å². The van der Waals surface area contributed by atoms with Gasteiger partial charge < -0.3 is 15.4 Å². The summed E-state index contributed by atoms with van der Waals surface area (Å²) in [7, 11) is 0. The van der Waals surface area contributed by atoms with Crippen molar-refractivity contribution in [2.24, 2.45) is 5.92 Å². The molecule has 0 aromatic heterocycles. The number of nitro benzene ring substituents is 1. The SMILES string of the molecule is CC(C)[C@@H](CNC(=O)Nc1cccc([N+](=O)[O-])c1)N1CCOCC1. The summed E-state index contributed by atoms with van der Waals surface area (Å²) in [5.74, 6) is 0.390. The fraction of sp³-hybridized carbons (Fsp3) is 0.562. The number of rotatable bonds is 6. The standard InChI is InChI=1S/C16H24N4O4/c1-12(2)15(19-6-8-24-9-7-19)11-17-16(21)18-13-4-3-5-14(10-13)20(22)23/h3-5,10,12,15H,6-9,11H2,1-2H3,(H2,17,18,21)/t15-/m1/s1. The predicted molar refractivity (Wildman–Crippen MR) is 91.1 cm³/mol. The Labute approximate surface area is 141 Å². The third-order valence-corrected chi connectivity index (χ3v) is 4.07. The van der Waals surface area contributed by atoms with E-state index in [9.17, 15) is 14.9 Å². The van der Waals surface area contributed by atoms with Crippen LogP contribution < -0.4 is 10.6 Å². The van der Waals surface area contributed by atoms with Crippen LogP contribution in [0.5, 0.6) is 0 Å². The van der Waals surface area contributed by atoms with Crippen molar-refractivity contribution in [1.82, 2.24) is 10.2 Å². The van der Waals surface area contributed by atoms with Crippen molar-refractivity contribution in [2.75, 3.05) is 38.2 Å². The largest absolute Gasteiger partial charge is 0.379 e. The molecule has 1 aromatic rings. The number of nitro groups is 1. The van der Waals surface area contributed by atoms with Crippen LogP contribution in [0.3, 0.4) is 0 Å². The molecule has 0 aliphatic carbocycles. The number of hydrogen-bond donors (Lipinski definition) is 2. The topological polar surface area (TPSA) is 96.7 Å². The van der Waals surface area contributed by atoms with Crippen molar-refractivity contribution < 1.29 is 14.5 Å². The first-order valence-electron chi connectivity index (χ1n) is 8.08. The molecule has 1 aromatic carbocycles. The smallest absolute Gasteiger partial charge is 0.319 e. The maximum absolute atomic E-state index is 12.1. The summed E-state index contributed by atoms with van der Waals surface area (Å²) < 4.78 is 5.37. The predicted octanol–water partition coefficient (Wildman–Crippen LogP) is 2.07. The molecule has 2 rings (SSSR count). The lowest BCUT2D eigenvalue weighted by Crippen LogP contribution is -2.51. The highest BCUT2D eigenvalue weighted by molar-refractivity contribution is 5.89. The van der Waals surface area contributed by atoms with E-state index in [-0.39, 0.29) is 17.8 Å². The fourth-order valence-electron chi connectivity index (χ4n) is 2.77. The number of urea groups is 1. The van der Waals surface area contributed by atoms with Crippen LogP contribution in [0.25, 0.3) is 0 Å². The normalized spacial score (nSPS) is 16.6. The minimum atomic E-state index is -0.490. The van der Waals surface area contributed by atoms with E-state index in [1.54, 1.807) is 12.1 Å². The highest BCUT2D eigenvalue weighted by Crippen LogP contribution is 2.17. The van der Waals surface area contributed by atoms with Gasteiger partial charge in [-0.2, -0.15) is 0 Å². The number of nitrogens with one attached hydrogen (secondary N) is 2. The average molecular weight is 336 g/mol. The second-order valence-electron chi connectivity index (χ2n) is 6.10. The quantitative estimate of drug-likeness (QED) is 0.612. The monoisotopic (exact) mass is 336 g/mol. The molecule has 8 nitrogen and oxygen atoms in total. The Morgan fingerprint density at radius 1 is 1.38 bits per heavy atom. The summed E-state index contributed by atoms with van der Waals surface area (Å²) in [6, 6.07) is 5.74. The number of morpholine rings is 1. The maximum atomic E-state index is 12.1. The Morgan fingerprint density at radius 2 is 2.08 bits per heavy atom. The molecule has 1 fully saturated rings. The van der Waals surface area contributed by atoms with Gasteiger partial charge in [0.15, 0.2) is 0 Å². The molecule has 0 unspecified atom stereocenters. The fourth-order valence-corrected chi connectivity index (χ4v) is 2.77. The van der Waals surface area contributed by atoms with Crippen LogP contribution in [-0.4, -0.2) is 54.7 Å². The number of nitrogens with zero attached hydrogens (tertiary/aromatic N) is 2. The van der Waals surface area contributed by atoms with E-state index in [0.717, 1.165) is 13.1 Å². The molecular weight excluding hydrogens is 312 g/mol. The third kappa shape index (κ3) is 5.17. The Balaban J connectivity index is 1.88. The highest BCUT2D eigenvalue weighted by atomic mass is 16.6. The molecule has 0 saturated carbocycles. The molecular formula is C16H24N4O4. The first kappa shape index (κ1) is 18.2. The van der Waals surface area contributed by atoms with Crippen molar-refractivity contribution in [1.29, 1.82) is 0 Å². The van der Waals surface area contributed by atoms with E-state index in [1.807, 2.05) is 0 Å². The molecule has 2 amide bonds. The summed E-state index contributed by atoms with van der Waals surface area (Å²) in [5, 5.41) is 16.3. The van der Waals surface area contributed by atoms with Gasteiger partial charge in [0.2, 0.25) is 0 Å². The molecule has 1 saturated heterocycles. The minimum Gasteiger partial charge on any atom is -0.379 e. The minimum absolute atomic E-state index is 0.0545. The van der Waals surface area contributed by atoms with Gasteiger partial charge in [-0.1, -0.05) is 19.9 Å². The van der Waals surface area contributed by atoms with Gasteiger partial charge in [-0.3, -0.25) is 15.0 Å². The average Bonchev–Trinajstić information content (AvgIpc) is 2.56. The molecule has 1 aliphatic heterocycles. The van der Waals surface area contributed by atoms with Crippen LogP contribution >= 0.6 is 0 Å². The van der Waals surface area contributed by atoms with Crippen molar-refractivity contribution in [2.45, 2.75) is 19.9 Å². The molecule has 8 heteroatoms. The number of ether oxygens (including phenoxy) is 1. The maximum Gasteiger partial charge on any atom is 0.319 e. The van der Waals surface area contributed by atoms with Crippen LogP contribution in [0.1, 0.15) is 13.8 Å². The summed E-state index contributed by atoms with van der Waals surface area (Å²) >= 11 is 0. The molecule has 1 heterocycles. The molecule has 1 aliphatic rings. The molecule has 2 N–H and O–H groups in total. The summed E-state index contributed by atoms with van der Waals surface area (Å²) in [6.07, 6.45) is 0. The van der Waals surface area contributed by atoms with Gasteiger partial charge in [0, 0.05) is 43.5 Å². The van der Waals surface area contributed by atoms with E-state index in [0.29, 0.717) is 31.4 Å². The zero-order chi connectivity index (χ0) is 17.5. The van der Waals surface area contributed by atoms with Gasteiger partial charge in [-0.25, -0.2) is 4.79 Å². The van der Waals surface area contributed by atoms with Gasteiger partial charge in [0.05, 0.1) is 18.1 Å². The molecule has 0 radical (unpaired) electrons. The van der Waals surface area contributed by atoms with Crippen LogP contribution in [0.15, 0.2) is 24.3 Å². The Morgan fingerprint density at radius 3 is 2.71 bits per heavy atom. The first-order valence-corrected chi connectivity index (χ1v) is 8.08. The summed E-state index contributed by atoms with van der Waals surface area (Å²) in [6.45, 7) is 7.90. The Hall–Kier alpha value is -2.19. The number of carbonyl (C=O) groups is 1. The van der Waals surface area contributed by atoms with Crippen LogP contribution in [0.2, 0.25) is 0 Å². The van der Waals surface area contributed by atoms with E-state index >= 15 is 0 Å². The number of amides is 2. The number of benzene rings is 1. The molecule has 0 bridgehead atoms. The number of anilines is 1. The van der Waals surface area contributed by atoms with Crippen LogP contribution in [-0.2, 0) is 4.74 Å². The van der Waals surface area contributed by atoms with E-state index < -0.39 is 4.92 Å². The van der Waals surface area contributed by atoms with Gasteiger partial charge in [0.1, 0.15) is 0 Å². The first-order chi connectivity index (χ1) is 11.5. The molecule has 1 atom stereocenters. The molecule has 132 valence electrons. The second-order valence-corrected chi connectivity index (χ2v) is 6.10. The van der Waals surface area contributed by atoms with Crippen molar-refractivity contribution in [3.05, 3.63) is 34.4 Å². The zero-order valence-electron chi connectivity index (χ0n) is 14.0. The second kappa shape index (κ2) is 8.60. The lowest BCUT2D eigenvalue weighted by atomic mass is 10.0. The van der Waals surface area contributed by atoms with E-state index in [2.05, 4.69) is 29.4 Å². The Bertz CT molecular complexity index is 573. The highest BCUT2D eigenvalue weighted by Gasteiger charge is 2.24. The van der Waals surface area contributed by atoms with E-state index in [4.69, 9.17) is 4.74 Å². The molecule has 0 spiro atoms. The van der Waals surface area contributed by atoms with E-state index in [1.165, 1.54) is 12.1 Å².